The number of aromatic nitrogens is 2. The second kappa shape index (κ2) is 7.25. The van der Waals surface area contributed by atoms with Crippen LogP contribution in [0.1, 0.15) is 11.1 Å². The Morgan fingerprint density at radius 3 is 2.93 bits per heavy atom. The van der Waals surface area contributed by atoms with E-state index in [0.717, 1.165) is 5.69 Å². The van der Waals surface area contributed by atoms with Crippen LogP contribution in [0.3, 0.4) is 0 Å². The molecule has 0 radical (unpaired) electrons. The van der Waals surface area contributed by atoms with E-state index >= 15 is 0 Å². The first-order chi connectivity index (χ1) is 13.0. The number of anilines is 2. The second-order valence-electron chi connectivity index (χ2n) is 6.23. The van der Waals surface area contributed by atoms with Crippen LogP contribution in [-0.4, -0.2) is 22.7 Å². The fourth-order valence-electron chi connectivity index (χ4n) is 3.02. The molecule has 3 aromatic rings. The highest BCUT2D eigenvalue weighted by Gasteiger charge is 2.28. The Bertz CT molecular complexity index is 989. The molecule has 0 saturated carbocycles. The van der Waals surface area contributed by atoms with Gasteiger partial charge in [0.2, 0.25) is 5.91 Å². The number of para-hydroxylation sites is 1. The molecular formula is C19H16ClFN4OS. The predicted molar refractivity (Wildman–Crippen MR) is 106 cm³/mol. The van der Waals surface area contributed by atoms with Gasteiger partial charge in [0.25, 0.3) is 0 Å². The maximum atomic E-state index is 13.4. The molecule has 0 bridgehead atoms. The Morgan fingerprint density at radius 2 is 2.15 bits per heavy atom. The van der Waals surface area contributed by atoms with Crippen LogP contribution in [0.2, 0.25) is 5.02 Å². The Hall–Kier alpha value is -2.51. The second-order valence-corrected chi connectivity index (χ2v) is 7.77. The molecule has 1 aliphatic rings. The first-order valence-corrected chi connectivity index (χ1v) is 9.53. The third-order valence-electron chi connectivity index (χ3n) is 4.21. The topological polar surface area (TPSA) is 50.2 Å². The number of nitrogens with one attached hydrogen (secondary N) is 1. The van der Waals surface area contributed by atoms with Gasteiger partial charge in [-0.3, -0.25) is 4.79 Å². The molecule has 1 aromatic heterocycles. The van der Waals surface area contributed by atoms with Gasteiger partial charge in [0.05, 0.1) is 30.2 Å². The number of amides is 1. The van der Waals surface area contributed by atoms with E-state index in [-0.39, 0.29) is 22.8 Å². The monoisotopic (exact) mass is 402 g/mol. The number of hydrogen-bond donors (Lipinski definition) is 1. The van der Waals surface area contributed by atoms with Gasteiger partial charge in [-0.15, -0.1) is 0 Å². The molecular weight excluding hydrogens is 387 g/mol. The zero-order valence-electron chi connectivity index (χ0n) is 14.4. The van der Waals surface area contributed by atoms with Crippen molar-refractivity contribution in [1.29, 1.82) is 0 Å². The highest BCUT2D eigenvalue weighted by molar-refractivity contribution is 8.00. The van der Waals surface area contributed by atoms with Crippen LogP contribution in [0.4, 0.5) is 15.8 Å². The SMILES string of the molecule is CN1c2ccccc2SC1n1cc(NC(=O)Cc2cc(F)cc(Cl)c2)cn1. The Labute approximate surface area is 165 Å². The van der Waals surface area contributed by atoms with Crippen molar-refractivity contribution < 1.29 is 9.18 Å². The molecule has 1 aliphatic heterocycles. The molecule has 8 heteroatoms. The summed E-state index contributed by atoms with van der Waals surface area (Å²) in [7, 11) is 2.01. The Morgan fingerprint density at radius 1 is 1.33 bits per heavy atom. The molecule has 0 fully saturated rings. The van der Waals surface area contributed by atoms with Crippen LogP contribution in [0.15, 0.2) is 59.8 Å². The minimum atomic E-state index is -0.459. The van der Waals surface area contributed by atoms with Crippen molar-refractivity contribution in [2.75, 3.05) is 17.3 Å². The average molecular weight is 403 g/mol. The molecule has 0 aliphatic carbocycles. The molecule has 0 saturated heterocycles. The highest BCUT2D eigenvalue weighted by Crippen LogP contribution is 2.47. The lowest BCUT2D eigenvalue weighted by molar-refractivity contribution is -0.115. The smallest absolute Gasteiger partial charge is 0.228 e. The number of benzene rings is 2. The average Bonchev–Trinajstić information content (AvgIpc) is 3.19. The number of thioether (sulfide) groups is 1. The predicted octanol–water partition coefficient (Wildman–Crippen LogP) is 4.56. The van der Waals surface area contributed by atoms with Crippen molar-refractivity contribution in [3.8, 4) is 0 Å². The fraction of sp³-hybridized carbons (Fsp3) is 0.158. The molecule has 0 spiro atoms. The molecule has 2 aromatic carbocycles. The number of fused-ring (bicyclic) bond motifs is 1. The molecule has 1 N–H and O–H groups in total. The molecule has 138 valence electrons. The van der Waals surface area contributed by atoms with Gasteiger partial charge in [-0.2, -0.15) is 5.10 Å². The van der Waals surface area contributed by atoms with Crippen LogP contribution < -0.4 is 10.2 Å². The van der Waals surface area contributed by atoms with Crippen LogP contribution in [0, 0.1) is 5.82 Å². The molecule has 1 atom stereocenters. The van der Waals surface area contributed by atoms with Gasteiger partial charge in [0.1, 0.15) is 5.82 Å². The van der Waals surface area contributed by atoms with Crippen molar-refractivity contribution in [2.45, 2.75) is 16.8 Å². The lowest BCUT2D eigenvalue weighted by Crippen LogP contribution is -2.23. The van der Waals surface area contributed by atoms with Gasteiger partial charge >= 0.3 is 0 Å². The summed E-state index contributed by atoms with van der Waals surface area (Å²) in [4.78, 5) is 15.6. The van der Waals surface area contributed by atoms with Crippen molar-refractivity contribution in [3.63, 3.8) is 0 Å². The standard InChI is InChI=1S/C19H16ClFN4OS/c1-24-16-4-2-3-5-17(16)27-19(24)25-11-15(10-22-25)23-18(26)8-12-6-13(20)9-14(21)7-12/h2-7,9-11,19H,8H2,1H3,(H,23,26). The fourth-order valence-corrected chi connectivity index (χ4v) is 4.47. The summed E-state index contributed by atoms with van der Waals surface area (Å²) in [5.74, 6) is -0.717. The van der Waals surface area contributed by atoms with E-state index in [4.69, 9.17) is 11.6 Å². The summed E-state index contributed by atoms with van der Waals surface area (Å²) in [6, 6.07) is 12.2. The molecule has 27 heavy (non-hydrogen) atoms. The van der Waals surface area contributed by atoms with E-state index in [1.54, 1.807) is 34.9 Å². The van der Waals surface area contributed by atoms with E-state index in [9.17, 15) is 9.18 Å². The Balaban J connectivity index is 1.43. The molecule has 5 nitrogen and oxygen atoms in total. The van der Waals surface area contributed by atoms with Crippen molar-refractivity contribution in [3.05, 3.63) is 71.3 Å². The summed E-state index contributed by atoms with van der Waals surface area (Å²) < 4.78 is 15.2. The summed E-state index contributed by atoms with van der Waals surface area (Å²) in [6.07, 6.45) is 3.43. The maximum Gasteiger partial charge on any atom is 0.228 e. The van der Waals surface area contributed by atoms with Gasteiger partial charge in [0, 0.05) is 17.0 Å². The van der Waals surface area contributed by atoms with Crippen LogP contribution in [-0.2, 0) is 11.2 Å². The van der Waals surface area contributed by atoms with Gasteiger partial charge in [0.15, 0.2) is 5.50 Å². The summed E-state index contributed by atoms with van der Waals surface area (Å²) in [5.41, 5.74) is 2.24. The number of rotatable bonds is 4. The van der Waals surface area contributed by atoms with Crippen molar-refractivity contribution >= 4 is 40.6 Å². The first-order valence-electron chi connectivity index (χ1n) is 8.27. The number of carbonyl (C=O) groups is 1. The van der Waals surface area contributed by atoms with Crippen molar-refractivity contribution in [1.82, 2.24) is 9.78 Å². The van der Waals surface area contributed by atoms with Gasteiger partial charge in [-0.25, -0.2) is 9.07 Å². The Kier molecular flexibility index (Phi) is 4.80. The molecule has 1 unspecified atom stereocenters. The molecule has 1 amide bonds. The van der Waals surface area contributed by atoms with E-state index in [0.29, 0.717) is 11.3 Å². The molecule has 4 rings (SSSR count). The zero-order chi connectivity index (χ0) is 19.0. The van der Waals surface area contributed by atoms with Crippen LogP contribution in [0.5, 0.6) is 0 Å². The third-order valence-corrected chi connectivity index (χ3v) is 5.77. The maximum absolute atomic E-state index is 13.4. The minimum absolute atomic E-state index is 0.0184. The van der Waals surface area contributed by atoms with E-state index in [2.05, 4.69) is 27.4 Å². The summed E-state index contributed by atoms with van der Waals surface area (Å²) in [5, 5.41) is 7.44. The van der Waals surface area contributed by atoms with Crippen LogP contribution >= 0.6 is 23.4 Å². The zero-order valence-corrected chi connectivity index (χ0v) is 16.0. The van der Waals surface area contributed by atoms with Gasteiger partial charge in [-0.1, -0.05) is 35.5 Å². The summed E-state index contributed by atoms with van der Waals surface area (Å²) in [6.45, 7) is 0. The number of halogens is 2. The lowest BCUT2D eigenvalue weighted by Gasteiger charge is -2.21. The number of hydrogen-bond acceptors (Lipinski definition) is 4. The van der Waals surface area contributed by atoms with E-state index in [1.165, 1.54) is 17.0 Å². The first kappa shape index (κ1) is 17.9. The van der Waals surface area contributed by atoms with Gasteiger partial charge in [-0.05, 0) is 35.9 Å². The third kappa shape index (κ3) is 3.79. The number of nitrogens with zero attached hydrogens (tertiary/aromatic N) is 3. The van der Waals surface area contributed by atoms with E-state index in [1.807, 2.05) is 19.2 Å². The number of carbonyl (C=O) groups excluding carboxylic acids is 1. The minimum Gasteiger partial charge on any atom is -0.343 e. The van der Waals surface area contributed by atoms with E-state index < -0.39 is 5.82 Å². The molecule has 2 heterocycles. The van der Waals surface area contributed by atoms with Crippen molar-refractivity contribution in [2.24, 2.45) is 0 Å². The quantitative estimate of drug-likeness (QED) is 0.695. The lowest BCUT2D eigenvalue weighted by atomic mass is 10.1. The largest absolute Gasteiger partial charge is 0.343 e. The van der Waals surface area contributed by atoms with Gasteiger partial charge < -0.3 is 10.2 Å². The normalized spacial score (nSPS) is 15.7. The summed E-state index contributed by atoms with van der Waals surface area (Å²) >= 11 is 7.52. The highest BCUT2D eigenvalue weighted by atomic mass is 35.5. The van der Waals surface area contributed by atoms with Crippen LogP contribution in [0.25, 0.3) is 0 Å².